The van der Waals surface area contributed by atoms with Crippen LogP contribution in [-0.4, -0.2) is 35.8 Å². The number of nitrogens with zero attached hydrogens (tertiary/aromatic N) is 1. The fourth-order valence-electron chi connectivity index (χ4n) is 3.14. The summed E-state index contributed by atoms with van der Waals surface area (Å²) in [6.45, 7) is 5.83. The van der Waals surface area contributed by atoms with Gasteiger partial charge in [0.25, 0.3) is 11.8 Å². The minimum Gasteiger partial charge on any atom is -0.504 e. The fraction of sp³-hybridized carbons (Fsp3) is 0.174. The highest BCUT2D eigenvalue weighted by Gasteiger charge is 2.34. The van der Waals surface area contributed by atoms with Crippen molar-refractivity contribution in [2.24, 2.45) is 0 Å². The van der Waals surface area contributed by atoms with Crippen molar-refractivity contribution in [3.63, 3.8) is 0 Å². The number of rotatable bonds is 7. The molecule has 0 spiro atoms. The second-order valence-electron chi connectivity index (χ2n) is 6.61. The number of thiocarbonyl (C=S) groups is 1. The van der Waals surface area contributed by atoms with E-state index in [1.54, 1.807) is 56.5 Å². The van der Waals surface area contributed by atoms with Crippen LogP contribution in [0, 0.1) is 0 Å². The maximum absolute atomic E-state index is 13.2. The molecule has 2 aromatic carbocycles. The summed E-state index contributed by atoms with van der Waals surface area (Å²) in [7, 11) is 1.54. The van der Waals surface area contributed by atoms with Gasteiger partial charge in [0.1, 0.15) is 11.3 Å². The van der Waals surface area contributed by atoms with Crippen molar-refractivity contribution < 1.29 is 24.2 Å². The molecule has 1 saturated heterocycles. The summed E-state index contributed by atoms with van der Waals surface area (Å²) < 4.78 is 10.6. The second kappa shape index (κ2) is 9.44. The highest BCUT2D eigenvalue weighted by Crippen LogP contribution is 2.33. The fourth-order valence-corrected chi connectivity index (χ4v) is 3.42. The van der Waals surface area contributed by atoms with Crippen LogP contribution in [0.25, 0.3) is 6.08 Å². The van der Waals surface area contributed by atoms with Gasteiger partial charge in [0.15, 0.2) is 16.6 Å². The highest BCUT2D eigenvalue weighted by atomic mass is 32.1. The Morgan fingerprint density at radius 2 is 1.94 bits per heavy atom. The van der Waals surface area contributed by atoms with Gasteiger partial charge >= 0.3 is 0 Å². The first-order valence-corrected chi connectivity index (χ1v) is 9.95. The maximum Gasteiger partial charge on any atom is 0.270 e. The molecule has 2 amide bonds. The van der Waals surface area contributed by atoms with Crippen LogP contribution in [0.4, 0.5) is 5.69 Å². The van der Waals surface area contributed by atoms with Crippen molar-refractivity contribution in [2.75, 3.05) is 18.6 Å². The highest BCUT2D eigenvalue weighted by molar-refractivity contribution is 7.80. The lowest BCUT2D eigenvalue weighted by Crippen LogP contribution is -2.54. The first-order chi connectivity index (χ1) is 14.9. The molecule has 0 aromatic heterocycles. The van der Waals surface area contributed by atoms with E-state index in [9.17, 15) is 14.7 Å². The van der Waals surface area contributed by atoms with E-state index in [0.717, 1.165) is 0 Å². The molecule has 31 heavy (non-hydrogen) atoms. The van der Waals surface area contributed by atoms with E-state index < -0.39 is 11.8 Å². The first kappa shape index (κ1) is 22.0. The van der Waals surface area contributed by atoms with Crippen LogP contribution < -0.4 is 19.7 Å². The standard InChI is InChI=1S/C23H22N2O5S/c1-4-6-15-11-14(13-19(20(15)26)30-5-2)12-18-21(27)24-23(31)25(22(18)28)16-7-9-17(29-3)10-8-16/h4,7-13,26H,1,5-6H2,2-3H3,(H,24,27,31). The molecule has 0 atom stereocenters. The largest absolute Gasteiger partial charge is 0.504 e. The van der Waals surface area contributed by atoms with Crippen LogP contribution in [0.15, 0.2) is 54.6 Å². The van der Waals surface area contributed by atoms with E-state index in [0.29, 0.717) is 35.6 Å². The number of hydrogen-bond acceptors (Lipinski definition) is 6. The Kier molecular flexibility index (Phi) is 6.71. The predicted octanol–water partition coefficient (Wildman–Crippen LogP) is 3.36. The van der Waals surface area contributed by atoms with Gasteiger partial charge in [0.2, 0.25) is 0 Å². The number of anilines is 1. The number of methoxy groups -OCH3 is 1. The van der Waals surface area contributed by atoms with E-state index in [1.165, 1.54) is 11.0 Å². The zero-order chi connectivity index (χ0) is 22.5. The molecule has 160 valence electrons. The number of aromatic hydroxyl groups is 1. The number of carbonyl (C=O) groups is 2. The quantitative estimate of drug-likeness (QED) is 0.298. The minimum atomic E-state index is -0.601. The van der Waals surface area contributed by atoms with Crippen LogP contribution in [0.3, 0.4) is 0 Å². The van der Waals surface area contributed by atoms with Crippen molar-refractivity contribution in [1.29, 1.82) is 0 Å². The van der Waals surface area contributed by atoms with E-state index in [4.69, 9.17) is 21.7 Å². The maximum atomic E-state index is 13.2. The van der Waals surface area contributed by atoms with Gasteiger partial charge in [-0.25, -0.2) is 0 Å². The summed E-state index contributed by atoms with van der Waals surface area (Å²) in [6.07, 6.45) is 3.49. The molecule has 0 radical (unpaired) electrons. The Hall–Kier alpha value is -3.65. The molecule has 1 fully saturated rings. The monoisotopic (exact) mass is 438 g/mol. The summed E-state index contributed by atoms with van der Waals surface area (Å²) in [5.74, 6) is -0.267. The normalized spacial score (nSPS) is 15.1. The van der Waals surface area contributed by atoms with Crippen LogP contribution in [0.2, 0.25) is 0 Å². The van der Waals surface area contributed by atoms with Gasteiger partial charge in [-0.15, -0.1) is 6.58 Å². The Labute approximate surface area is 185 Å². The molecular weight excluding hydrogens is 416 g/mol. The van der Waals surface area contributed by atoms with Gasteiger partial charge < -0.3 is 14.6 Å². The third-order valence-electron chi connectivity index (χ3n) is 4.58. The van der Waals surface area contributed by atoms with Crippen molar-refractivity contribution in [2.45, 2.75) is 13.3 Å². The number of phenols is 1. The topological polar surface area (TPSA) is 88.1 Å². The Balaban J connectivity index is 2.04. The minimum absolute atomic E-state index is 0.00404. The lowest BCUT2D eigenvalue weighted by atomic mass is 10.0. The first-order valence-electron chi connectivity index (χ1n) is 9.54. The summed E-state index contributed by atoms with van der Waals surface area (Å²) in [5.41, 5.74) is 1.50. The van der Waals surface area contributed by atoms with Gasteiger partial charge in [-0.05, 0) is 73.6 Å². The van der Waals surface area contributed by atoms with Crippen molar-refractivity contribution in [3.05, 3.63) is 65.8 Å². The predicted molar refractivity (Wildman–Crippen MR) is 122 cm³/mol. The third kappa shape index (κ3) is 4.59. The van der Waals surface area contributed by atoms with Gasteiger partial charge in [0.05, 0.1) is 19.4 Å². The zero-order valence-corrected chi connectivity index (χ0v) is 18.0. The molecule has 7 nitrogen and oxygen atoms in total. The molecule has 0 bridgehead atoms. The van der Waals surface area contributed by atoms with Crippen LogP contribution >= 0.6 is 12.2 Å². The number of benzene rings is 2. The SMILES string of the molecule is C=CCc1cc(C=C2C(=O)NC(=S)N(c3ccc(OC)cc3)C2=O)cc(OCC)c1O. The van der Waals surface area contributed by atoms with Crippen LogP contribution in [0.5, 0.6) is 17.2 Å². The van der Waals surface area contributed by atoms with E-state index >= 15 is 0 Å². The van der Waals surface area contributed by atoms with E-state index in [2.05, 4.69) is 11.9 Å². The molecule has 1 aliphatic rings. The van der Waals surface area contributed by atoms with Crippen LogP contribution in [-0.2, 0) is 16.0 Å². The Morgan fingerprint density at radius 3 is 2.55 bits per heavy atom. The molecule has 2 N–H and O–H groups in total. The average molecular weight is 439 g/mol. The van der Waals surface area contributed by atoms with Crippen molar-refractivity contribution in [1.82, 2.24) is 5.32 Å². The number of hydrogen-bond donors (Lipinski definition) is 2. The van der Waals surface area contributed by atoms with Crippen molar-refractivity contribution in [3.8, 4) is 17.2 Å². The van der Waals surface area contributed by atoms with Crippen LogP contribution in [0.1, 0.15) is 18.1 Å². The molecule has 3 rings (SSSR count). The van der Waals surface area contributed by atoms with Crippen molar-refractivity contribution >= 4 is 40.9 Å². The van der Waals surface area contributed by atoms with Gasteiger partial charge in [-0.2, -0.15) is 0 Å². The number of carbonyl (C=O) groups excluding carboxylic acids is 2. The smallest absolute Gasteiger partial charge is 0.270 e. The Morgan fingerprint density at radius 1 is 1.23 bits per heavy atom. The molecule has 0 aliphatic carbocycles. The molecule has 0 saturated carbocycles. The molecular formula is C23H22N2O5S. The summed E-state index contributed by atoms with van der Waals surface area (Å²) >= 11 is 5.22. The summed E-state index contributed by atoms with van der Waals surface area (Å²) in [6, 6.07) is 9.99. The number of phenolic OH excluding ortho intramolecular Hbond substituents is 1. The zero-order valence-electron chi connectivity index (χ0n) is 17.2. The molecule has 8 heteroatoms. The number of amides is 2. The number of ether oxygens (including phenoxy) is 2. The molecule has 2 aromatic rings. The van der Waals surface area contributed by atoms with E-state index in [1.807, 2.05) is 0 Å². The molecule has 1 heterocycles. The lowest BCUT2D eigenvalue weighted by Gasteiger charge is -2.29. The Bertz CT molecular complexity index is 1080. The lowest BCUT2D eigenvalue weighted by molar-refractivity contribution is -0.122. The van der Waals surface area contributed by atoms with Gasteiger partial charge in [-0.1, -0.05) is 6.08 Å². The second-order valence-corrected chi connectivity index (χ2v) is 7.00. The number of nitrogens with one attached hydrogen (secondary N) is 1. The third-order valence-corrected chi connectivity index (χ3v) is 4.87. The van der Waals surface area contributed by atoms with Gasteiger partial charge in [0, 0.05) is 5.56 Å². The molecule has 0 unspecified atom stereocenters. The average Bonchev–Trinajstić information content (AvgIpc) is 2.75. The summed E-state index contributed by atoms with van der Waals surface area (Å²) in [4.78, 5) is 27.0. The van der Waals surface area contributed by atoms with E-state index in [-0.39, 0.29) is 22.2 Å². The number of allylic oxidation sites excluding steroid dienone is 1. The van der Waals surface area contributed by atoms with Gasteiger partial charge in [-0.3, -0.25) is 19.8 Å². The summed E-state index contributed by atoms with van der Waals surface area (Å²) in [5, 5.41) is 12.9. The molecule has 1 aliphatic heterocycles.